The molecular formula is C19H19BrF3N3O2. The van der Waals surface area contributed by atoms with Gasteiger partial charge in [-0.2, -0.15) is 13.2 Å². The van der Waals surface area contributed by atoms with E-state index in [4.69, 9.17) is 10.5 Å². The standard InChI is InChI=1S/C19H19BrF3N3O2/c1-10-17-12(4-6-25-10)13-7-14(20)16(8-15(13)26(2)18(17)27)28-9-11(24)3-5-19(21,22)23/h4,6-8,11H,3,5,9,24H2,1-2H3. The Morgan fingerprint density at radius 3 is 2.71 bits per heavy atom. The third-order valence-electron chi connectivity index (χ3n) is 4.61. The third-order valence-corrected chi connectivity index (χ3v) is 5.23. The van der Waals surface area contributed by atoms with Gasteiger partial charge in [-0.1, -0.05) is 0 Å². The summed E-state index contributed by atoms with van der Waals surface area (Å²) in [5.41, 5.74) is 6.85. The first-order valence-electron chi connectivity index (χ1n) is 8.61. The Morgan fingerprint density at radius 2 is 2.04 bits per heavy atom. The molecule has 0 bridgehead atoms. The third kappa shape index (κ3) is 4.15. The van der Waals surface area contributed by atoms with Crippen LogP contribution in [0.25, 0.3) is 21.7 Å². The summed E-state index contributed by atoms with van der Waals surface area (Å²) < 4.78 is 44.7. The monoisotopic (exact) mass is 457 g/mol. The van der Waals surface area contributed by atoms with Gasteiger partial charge in [-0.05, 0) is 46.8 Å². The molecule has 1 unspecified atom stereocenters. The summed E-state index contributed by atoms with van der Waals surface area (Å²) in [6, 6.07) is 4.55. The summed E-state index contributed by atoms with van der Waals surface area (Å²) in [5.74, 6) is 0.412. The molecule has 0 fully saturated rings. The number of ether oxygens (including phenoxy) is 1. The number of hydrogen-bond donors (Lipinski definition) is 1. The SMILES string of the molecule is Cc1nccc2c1c(=O)n(C)c1cc(OCC(N)CCC(F)(F)F)c(Br)cc21. The molecular weight excluding hydrogens is 439 g/mol. The van der Waals surface area contributed by atoms with Gasteiger partial charge >= 0.3 is 6.18 Å². The zero-order valence-electron chi connectivity index (χ0n) is 15.3. The molecule has 2 aromatic heterocycles. The van der Waals surface area contributed by atoms with Crippen LogP contribution in [-0.2, 0) is 7.05 Å². The minimum absolute atomic E-state index is 0.0647. The molecule has 3 aromatic rings. The number of nitrogens with two attached hydrogens (primary N) is 1. The fraction of sp³-hybridized carbons (Fsp3) is 0.368. The molecule has 2 heterocycles. The smallest absolute Gasteiger partial charge is 0.389 e. The van der Waals surface area contributed by atoms with Crippen LogP contribution in [0, 0.1) is 6.92 Å². The Bertz CT molecular complexity index is 1100. The zero-order valence-corrected chi connectivity index (χ0v) is 16.9. The largest absolute Gasteiger partial charge is 0.491 e. The van der Waals surface area contributed by atoms with Crippen molar-refractivity contribution in [2.45, 2.75) is 32.0 Å². The summed E-state index contributed by atoms with van der Waals surface area (Å²) in [6.45, 7) is 1.72. The van der Waals surface area contributed by atoms with Crippen LogP contribution in [0.2, 0.25) is 0 Å². The van der Waals surface area contributed by atoms with Crippen LogP contribution in [-0.4, -0.2) is 28.4 Å². The number of aryl methyl sites for hydroxylation is 2. The summed E-state index contributed by atoms with van der Waals surface area (Å²) in [6.07, 6.45) is -3.77. The van der Waals surface area contributed by atoms with Crippen molar-refractivity contribution in [3.63, 3.8) is 0 Å². The Labute approximate surface area is 167 Å². The van der Waals surface area contributed by atoms with Crippen molar-refractivity contribution in [3.05, 3.63) is 44.9 Å². The average molecular weight is 458 g/mol. The molecule has 0 aliphatic rings. The number of hydrogen-bond acceptors (Lipinski definition) is 4. The second-order valence-corrected chi connectivity index (χ2v) is 7.56. The Morgan fingerprint density at radius 1 is 1.32 bits per heavy atom. The van der Waals surface area contributed by atoms with Crippen molar-refractivity contribution in [2.24, 2.45) is 12.8 Å². The second-order valence-electron chi connectivity index (χ2n) is 6.71. The highest BCUT2D eigenvalue weighted by atomic mass is 79.9. The lowest BCUT2D eigenvalue weighted by Crippen LogP contribution is -2.29. The van der Waals surface area contributed by atoms with E-state index < -0.39 is 18.6 Å². The maximum absolute atomic E-state index is 12.7. The van der Waals surface area contributed by atoms with Gasteiger partial charge in [0, 0.05) is 37.2 Å². The van der Waals surface area contributed by atoms with Crippen LogP contribution < -0.4 is 16.0 Å². The van der Waals surface area contributed by atoms with Gasteiger partial charge in [0.25, 0.3) is 5.56 Å². The summed E-state index contributed by atoms with van der Waals surface area (Å²) in [7, 11) is 1.66. The van der Waals surface area contributed by atoms with Crippen molar-refractivity contribution in [3.8, 4) is 5.75 Å². The number of aromatic nitrogens is 2. The molecule has 28 heavy (non-hydrogen) atoms. The lowest BCUT2D eigenvalue weighted by molar-refractivity contribution is -0.136. The molecule has 1 atom stereocenters. The number of nitrogens with zero attached hydrogens (tertiary/aromatic N) is 2. The lowest BCUT2D eigenvalue weighted by atomic mass is 10.1. The van der Waals surface area contributed by atoms with E-state index in [0.717, 1.165) is 10.8 Å². The molecule has 0 saturated carbocycles. The maximum Gasteiger partial charge on any atom is 0.389 e. The van der Waals surface area contributed by atoms with E-state index in [1.807, 2.05) is 6.07 Å². The minimum atomic E-state index is -4.24. The van der Waals surface area contributed by atoms with Crippen molar-refractivity contribution >= 4 is 37.6 Å². The minimum Gasteiger partial charge on any atom is -0.491 e. The van der Waals surface area contributed by atoms with Gasteiger partial charge in [-0.3, -0.25) is 9.78 Å². The van der Waals surface area contributed by atoms with E-state index >= 15 is 0 Å². The molecule has 0 radical (unpaired) electrons. The normalized spacial score (nSPS) is 13.2. The van der Waals surface area contributed by atoms with Crippen molar-refractivity contribution in [1.29, 1.82) is 0 Å². The molecule has 9 heteroatoms. The molecule has 0 aliphatic heterocycles. The number of alkyl halides is 3. The van der Waals surface area contributed by atoms with Crippen molar-refractivity contribution < 1.29 is 17.9 Å². The quantitative estimate of drug-likeness (QED) is 0.582. The van der Waals surface area contributed by atoms with Crippen LogP contribution in [0.15, 0.2) is 33.7 Å². The molecule has 3 rings (SSSR count). The molecule has 0 amide bonds. The Balaban J connectivity index is 1.96. The van der Waals surface area contributed by atoms with Gasteiger partial charge in [0.15, 0.2) is 0 Å². The van der Waals surface area contributed by atoms with Gasteiger partial charge in [0.2, 0.25) is 0 Å². The van der Waals surface area contributed by atoms with Gasteiger partial charge in [-0.25, -0.2) is 0 Å². The van der Waals surface area contributed by atoms with Crippen molar-refractivity contribution in [2.75, 3.05) is 6.61 Å². The van der Waals surface area contributed by atoms with Gasteiger partial charge in [0.05, 0.1) is 21.1 Å². The first kappa shape index (κ1) is 20.6. The van der Waals surface area contributed by atoms with Crippen LogP contribution in [0.1, 0.15) is 18.5 Å². The van der Waals surface area contributed by atoms with Crippen molar-refractivity contribution in [1.82, 2.24) is 9.55 Å². The number of halogens is 4. The molecule has 1 aromatic carbocycles. The Hall–Kier alpha value is -2.13. The number of benzene rings is 1. The maximum atomic E-state index is 12.7. The lowest BCUT2D eigenvalue weighted by Gasteiger charge is -2.17. The van der Waals surface area contributed by atoms with E-state index in [9.17, 15) is 18.0 Å². The fourth-order valence-corrected chi connectivity index (χ4v) is 3.57. The molecule has 0 saturated heterocycles. The van der Waals surface area contributed by atoms with Crippen LogP contribution in [0.5, 0.6) is 5.75 Å². The van der Waals surface area contributed by atoms with E-state index in [1.54, 1.807) is 32.3 Å². The van der Waals surface area contributed by atoms with Crippen LogP contribution in [0.4, 0.5) is 13.2 Å². The summed E-state index contributed by atoms with van der Waals surface area (Å²) >= 11 is 3.44. The summed E-state index contributed by atoms with van der Waals surface area (Å²) in [4.78, 5) is 16.9. The first-order chi connectivity index (χ1) is 13.1. The highest BCUT2D eigenvalue weighted by Gasteiger charge is 2.27. The van der Waals surface area contributed by atoms with Crippen LogP contribution in [0.3, 0.4) is 0 Å². The number of pyridine rings is 2. The van der Waals surface area contributed by atoms with E-state index in [0.29, 0.717) is 26.8 Å². The van der Waals surface area contributed by atoms with Gasteiger partial charge in [0.1, 0.15) is 12.4 Å². The number of fused-ring (bicyclic) bond motifs is 3. The second kappa shape index (κ2) is 7.71. The molecule has 0 aliphatic carbocycles. The van der Waals surface area contributed by atoms with E-state index in [-0.39, 0.29) is 18.6 Å². The fourth-order valence-electron chi connectivity index (χ4n) is 3.11. The highest BCUT2D eigenvalue weighted by molar-refractivity contribution is 9.10. The molecule has 2 N–H and O–H groups in total. The summed E-state index contributed by atoms with van der Waals surface area (Å²) in [5, 5.41) is 2.16. The van der Waals surface area contributed by atoms with Crippen LogP contribution >= 0.6 is 15.9 Å². The predicted molar refractivity (Wildman–Crippen MR) is 106 cm³/mol. The van der Waals surface area contributed by atoms with Gasteiger partial charge in [-0.15, -0.1) is 0 Å². The average Bonchev–Trinajstić information content (AvgIpc) is 2.62. The molecule has 150 valence electrons. The first-order valence-corrected chi connectivity index (χ1v) is 9.40. The predicted octanol–water partition coefficient (Wildman–Crippen LogP) is 4.21. The zero-order chi connectivity index (χ0) is 20.6. The topological polar surface area (TPSA) is 70.1 Å². The molecule has 0 spiro atoms. The number of rotatable bonds is 5. The van der Waals surface area contributed by atoms with E-state index in [1.165, 1.54) is 4.57 Å². The molecule has 5 nitrogen and oxygen atoms in total. The van der Waals surface area contributed by atoms with E-state index in [2.05, 4.69) is 20.9 Å². The highest BCUT2D eigenvalue weighted by Crippen LogP contribution is 2.33. The van der Waals surface area contributed by atoms with Gasteiger partial charge < -0.3 is 15.0 Å². The Kier molecular flexibility index (Phi) is 5.67.